The summed E-state index contributed by atoms with van der Waals surface area (Å²) in [6.07, 6.45) is 3.10. The second-order valence-electron chi connectivity index (χ2n) is 6.31. The van der Waals surface area contributed by atoms with Crippen molar-refractivity contribution in [2.45, 2.75) is 6.54 Å². The predicted molar refractivity (Wildman–Crippen MR) is 104 cm³/mol. The molecule has 0 saturated heterocycles. The SMILES string of the molecule is N#Cc1ccc(-c2c(O)n(Cc3ccc(Cl)nc3)c3cccc[n+]3c2=O)c(F)c1. The second-order valence-corrected chi connectivity index (χ2v) is 6.70. The van der Waals surface area contributed by atoms with Crippen molar-refractivity contribution in [2.24, 2.45) is 0 Å². The molecule has 29 heavy (non-hydrogen) atoms. The van der Waals surface area contributed by atoms with Crippen molar-refractivity contribution < 1.29 is 13.9 Å². The van der Waals surface area contributed by atoms with Crippen molar-refractivity contribution in [2.75, 3.05) is 0 Å². The van der Waals surface area contributed by atoms with Crippen LogP contribution in [-0.4, -0.2) is 14.7 Å². The molecule has 1 N–H and O–H groups in total. The normalized spacial score (nSPS) is 10.8. The Labute approximate surface area is 169 Å². The molecule has 0 spiro atoms. The molecule has 4 rings (SSSR count). The fourth-order valence-corrected chi connectivity index (χ4v) is 3.26. The smallest absolute Gasteiger partial charge is 0.354 e. The van der Waals surface area contributed by atoms with Crippen LogP contribution < -0.4 is 9.96 Å². The maximum absolute atomic E-state index is 14.6. The predicted octanol–water partition coefficient (Wildman–Crippen LogP) is 3.07. The molecular formula is C21H13ClFN4O2+. The first-order chi connectivity index (χ1) is 14.0. The molecule has 0 bridgehead atoms. The van der Waals surface area contributed by atoms with E-state index in [1.54, 1.807) is 42.7 Å². The number of hydrogen-bond acceptors (Lipinski definition) is 4. The molecule has 0 aliphatic rings. The first-order valence-corrected chi connectivity index (χ1v) is 8.94. The zero-order valence-electron chi connectivity index (χ0n) is 14.9. The highest BCUT2D eigenvalue weighted by Gasteiger charge is 2.27. The highest BCUT2D eigenvalue weighted by molar-refractivity contribution is 6.29. The Hall–Kier alpha value is -3.76. The fourth-order valence-electron chi connectivity index (χ4n) is 3.15. The highest BCUT2D eigenvalue weighted by atomic mass is 35.5. The summed E-state index contributed by atoms with van der Waals surface area (Å²) >= 11 is 5.83. The molecule has 3 heterocycles. The number of nitrogens with zero attached hydrogens (tertiary/aromatic N) is 4. The van der Waals surface area contributed by atoms with Gasteiger partial charge in [0.1, 0.15) is 17.5 Å². The summed E-state index contributed by atoms with van der Waals surface area (Å²) in [6, 6.07) is 14.0. The van der Waals surface area contributed by atoms with E-state index in [1.807, 2.05) is 6.07 Å². The van der Waals surface area contributed by atoms with E-state index in [1.165, 1.54) is 21.1 Å². The van der Waals surface area contributed by atoms with Crippen LogP contribution >= 0.6 is 11.6 Å². The molecule has 0 radical (unpaired) electrons. The maximum atomic E-state index is 14.6. The van der Waals surface area contributed by atoms with Crippen LogP contribution in [0.5, 0.6) is 5.88 Å². The topological polar surface area (TPSA) is 83.0 Å². The quantitative estimate of drug-likeness (QED) is 0.418. The Morgan fingerprint density at radius 3 is 2.76 bits per heavy atom. The van der Waals surface area contributed by atoms with Crippen LogP contribution in [0.4, 0.5) is 4.39 Å². The molecule has 0 amide bonds. The van der Waals surface area contributed by atoms with Gasteiger partial charge in [-0.2, -0.15) is 14.2 Å². The molecule has 0 atom stereocenters. The molecule has 0 aliphatic heterocycles. The summed E-state index contributed by atoms with van der Waals surface area (Å²) in [5.74, 6) is -1.16. The van der Waals surface area contributed by atoms with Gasteiger partial charge < -0.3 is 5.11 Å². The van der Waals surface area contributed by atoms with Gasteiger partial charge in [-0.3, -0.25) is 0 Å². The van der Waals surface area contributed by atoms with Crippen LogP contribution in [0, 0.1) is 17.1 Å². The van der Waals surface area contributed by atoms with Gasteiger partial charge in [0.15, 0.2) is 5.56 Å². The second kappa shape index (κ2) is 7.34. The van der Waals surface area contributed by atoms with Crippen LogP contribution in [0.15, 0.2) is 65.7 Å². The summed E-state index contributed by atoms with van der Waals surface area (Å²) in [7, 11) is 0. The van der Waals surface area contributed by atoms with E-state index in [2.05, 4.69) is 4.98 Å². The zero-order valence-corrected chi connectivity index (χ0v) is 15.6. The van der Waals surface area contributed by atoms with Crippen LogP contribution in [0.3, 0.4) is 0 Å². The highest BCUT2D eigenvalue weighted by Crippen LogP contribution is 2.29. The molecule has 0 fully saturated rings. The van der Waals surface area contributed by atoms with E-state index < -0.39 is 11.4 Å². The zero-order chi connectivity index (χ0) is 20.5. The third-order valence-corrected chi connectivity index (χ3v) is 4.75. The minimum Gasteiger partial charge on any atom is -0.477 e. The molecule has 6 nitrogen and oxygen atoms in total. The van der Waals surface area contributed by atoms with Gasteiger partial charge in [-0.1, -0.05) is 23.7 Å². The van der Waals surface area contributed by atoms with Crippen LogP contribution in [0.1, 0.15) is 11.1 Å². The average Bonchev–Trinajstić information content (AvgIpc) is 2.73. The molecule has 0 unspecified atom stereocenters. The summed E-state index contributed by atoms with van der Waals surface area (Å²) < 4.78 is 17.5. The van der Waals surface area contributed by atoms with Gasteiger partial charge in [0.05, 0.1) is 17.8 Å². The van der Waals surface area contributed by atoms with E-state index >= 15 is 0 Å². The van der Waals surface area contributed by atoms with Crippen molar-refractivity contribution in [1.29, 1.82) is 5.26 Å². The third kappa shape index (κ3) is 3.30. The lowest BCUT2D eigenvalue weighted by Gasteiger charge is -2.10. The first kappa shape index (κ1) is 18.6. The number of aromatic nitrogens is 3. The average molecular weight is 408 g/mol. The van der Waals surface area contributed by atoms with Gasteiger partial charge >= 0.3 is 5.56 Å². The van der Waals surface area contributed by atoms with Gasteiger partial charge in [-0.15, -0.1) is 0 Å². The molecule has 0 saturated carbocycles. The van der Waals surface area contributed by atoms with Crippen molar-refractivity contribution in [3.63, 3.8) is 0 Å². The van der Waals surface area contributed by atoms with Crippen LogP contribution in [0.2, 0.25) is 5.15 Å². The van der Waals surface area contributed by atoms with Gasteiger partial charge in [0.25, 0.3) is 11.5 Å². The Kier molecular flexibility index (Phi) is 4.71. The van der Waals surface area contributed by atoms with E-state index in [0.717, 1.165) is 11.6 Å². The fraction of sp³-hybridized carbons (Fsp3) is 0.0476. The molecular weight excluding hydrogens is 395 g/mol. The van der Waals surface area contributed by atoms with Crippen LogP contribution in [0.25, 0.3) is 16.8 Å². The summed E-state index contributed by atoms with van der Waals surface area (Å²) in [4.78, 5) is 17.1. The molecule has 1 aromatic carbocycles. The summed E-state index contributed by atoms with van der Waals surface area (Å²) in [5.41, 5.74) is 0.400. The molecule has 8 heteroatoms. The Balaban J connectivity index is 2.00. The number of rotatable bonds is 3. The van der Waals surface area contributed by atoms with Crippen molar-refractivity contribution in [1.82, 2.24) is 9.55 Å². The van der Waals surface area contributed by atoms with E-state index in [-0.39, 0.29) is 29.1 Å². The maximum Gasteiger partial charge on any atom is 0.354 e. The van der Waals surface area contributed by atoms with Gasteiger partial charge in [0.2, 0.25) is 0 Å². The van der Waals surface area contributed by atoms with Crippen molar-refractivity contribution >= 4 is 17.2 Å². The Bertz CT molecular complexity index is 1340. The largest absolute Gasteiger partial charge is 0.477 e. The lowest BCUT2D eigenvalue weighted by Crippen LogP contribution is -2.43. The van der Waals surface area contributed by atoms with Gasteiger partial charge in [0, 0.05) is 23.4 Å². The first-order valence-electron chi connectivity index (χ1n) is 8.56. The summed E-state index contributed by atoms with van der Waals surface area (Å²) in [5, 5.41) is 20.2. The number of aromatic hydroxyl groups is 1. The number of pyridine rings is 2. The molecule has 3 aromatic heterocycles. The van der Waals surface area contributed by atoms with Crippen LogP contribution in [-0.2, 0) is 6.54 Å². The number of hydrogen-bond donors (Lipinski definition) is 1. The third-order valence-electron chi connectivity index (χ3n) is 4.52. The number of nitriles is 1. The minimum atomic E-state index is -0.771. The number of halogens is 2. The van der Waals surface area contributed by atoms with Crippen molar-refractivity contribution in [3.05, 3.63) is 93.4 Å². The standard InChI is InChI=1S/C21H12ClFN4O2/c22-17-7-5-14(11-25-17)12-27-18-3-1-2-8-26(18)20(28)19(21(27)29)15-6-4-13(10-24)9-16(15)23/h1-9,11H,12H2/p+1. The van der Waals surface area contributed by atoms with E-state index in [4.69, 9.17) is 16.9 Å². The minimum absolute atomic E-state index is 0.0901. The van der Waals surface area contributed by atoms with E-state index in [9.17, 15) is 14.3 Å². The lowest BCUT2D eigenvalue weighted by molar-refractivity contribution is -0.532. The van der Waals surface area contributed by atoms with Crippen molar-refractivity contribution in [3.8, 4) is 23.1 Å². The Morgan fingerprint density at radius 1 is 1.24 bits per heavy atom. The summed E-state index contributed by atoms with van der Waals surface area (Å²) in [6.45, 7) is 0.175. The monoisotopic (exact) mass is 407 g/mol. The molecule has 142 valence electrons. The van der Waals surface area contributed by atoms with Gasteiger partial charge in [-0.25, -0.2) is 14.2 Å². The lowest BCUT2D eigenvalue weighted by atomic mass is 10.0. The molecule has 4 aromatic rings. The van der Waals surface area contributed by atoms with E-state index in [0.29, 0.717) is 10.8 Å². The molecule has 0 aliphatic carbocycles. The number of fused-ring (bicyclic) bond motifs is 1. The number of benzene rings is 1. The Morgan fingerprint density at radius 2 is 2.07 bits per heavy atom. The van der Waals surface area contributed by atoms with Gasteiger partial charge in [-0.05, 0) is 30.3 Å².